The molecule has 0 bridgehead atoms. The Balaban J connectivity index is -0.000000303. The molecule has 0 amide bonds. The van der Waals surface area contributed by atoms with Gasteiger partial charge >= 0.3 is 24.4 Å². The van der Waals surface area contributed by atoms with Gasteiger partial charge in [0.05, 0.1) is 0 Å². The van der Waals surface area contributed by atoms with Crippen molar-refractivity contribution in [3.8, 4) is 0 Å². The minimum absolute atomic E-state index is 0. The molecule has 5 heteroatoms. The van der Waals surface area contributed by atoms with Crippen LogP contribution in [0.5, 0.6) is 0 Å². The average Bonchev–Trinajstić information content (AvgIpc) is 3.05. The molecule has 282 valence electrons. The molecule has 0 saturated heterocycles. The van der Waals surface area contributed by atoms with Crippen molar-refractivity contribution in [1.29, 1.82) is 0 Å². The second kappa shape index (κ2) is 56.4. The van der Waals surface area contributed by atoms with Gasteiger partial charge in [0.2, 0.25) is 0 Å². The third kappa shape index (κ3) is 65.9. The van der Waals surface area contributed by atoms with Gasteiger partial charge in [-0.3, -0.25) is 0 Å². The third-order valence-electron chi connectivity index (χ3n) is 8.98. The van der Waals surface area contributed by atoms with Crippen molar-refractivity contribution in [2.75, 3.05) is 11.5 Å². The molecule has 0 aliphatic rings. The van der Waals surface area contributed by atoms with Gasteiger partial charge in [-0.1, -0.05) is 239 Å². The van der Waals surface area contributed by atoms with E-state index in [0.29, 0.717) is 0 Å². The summed E-state index contributed by atoms with van der Waals surface area (Å²) < 4.78 is 0. The van der Waals surface area contributed by atoms with Crippen molar-refractivity contribution >= 4 is 55.7 Å². The summed E-state index contributed by atoms with van der Waals surface area (Å²) in [5.41, 5.74) is 0. The number of hydrogen-bond acceptors (Lipinski definition) is 4. The molecule has 0 fully saturated rings. The largest absolute Gasteiger partial charge is 3.00 e. The van der Waals surface area contributed by atoms with Gasteiger partial charge in [-0.05, 0) is 12.8 Å². The summed E-state index contributed by atoms with van der Waals surface area (Å²) in [4.78, 5) is 10.2. The molecule has 0 rings (SSSR count). The SMILES string of the molecule is CCCCCCCCCCCCCCCCCC(=O)[O-].CCCCCCCCCCCC[S-].CCCCCCCCCCCC[S-].[Sb+3]. The Morgan fingerprint density at radius 1 is 0.340 bits per heavy atom. The van der Waals surface area contributed by atoms with Crippen LogP contribution in [0.4, 0.5) is 0 Å². The van der Waals surface area contributed by atoms with Crippen LogP contribution < -0.4 is 5.11 Å². The molecule has 2 nitrogen and oxygen atoms in total. The quantitative estimate of drug-likeness (QED) is 0.0359. The van der Waals surface area contributed by atoms with Crippen LogP contribution in [0, 0.1) is 0 Å². The fraction of sp³-hybridized carbons (Fsp3) is 0.976. The zero-order valence-corrected chi connectivity index (χ0v) is 36.6. The number of unbranched alkanes of at least 4 members (excludes halogenated alkanes) is 32. The molecular formula is C42H85O2S2Sb. The van der Waals surface area contributed by atoms with Crippen LogP contribution in [0.2, 0.25) is 0 Å². The zero-order valence-electron chi connectivity index (χ0n) is 32.5. The predicted octanol–water partition coefficient (Wildman–Crippen LogP) is 13.5. The van der Waals surface area contributed by atoms with E-state index < -0.39 is 5.97 Å². The Morgan fingerprint density at radius 3 is 0.681 bits per heavy atom. The molecule has 0 aliphatic heterocycles. The van der Waals surface area contributed by atoms with Gasteiger partial charge in [-0.15, -0.1) is 0 Å². The van der Waals surface area contributed by atoms with Crippen LogP contribution in [0.25, 0.3) is 0 Å². The van der Waals surface area contributed by atoms with Crippen molar-refractivity contribution in [1.82, 2.24) is 0 Å². The molecule has 0 unspecified atom stereocenters. The summed E-state index contributed by atoms with van der Waals surface area (Å²) in [6.07, 6.45) is 47.9. The van der Waals surface area contributed by atoms with Crippen molar-refractivity contribution in [3.05, 3.63) is 0 Å². The Hall–Kier alpha value is 0.988. The Labute approximate surface area is 327 Å². The first-order chi connectivity index (χ1) is 22.6. The summed E-state index contributed by atoms with van der Waals surface area (Å²) in [5.74, 6) is 1.01. The normalized spacial score (nSPS) is 10.5. The maximum atomic E-state index is 10.2. The van der Waals surface area contributed by atoms with Crippen molar-refractivity contribution in [3.63, 3.8) is 0 Å². The molecule has 0 aromatic heterocycles. The van der Waals surface area contributed by atoms with E-state index in [1.54, 1.807) is 0 Å². The van der Waals surface area contributed by atoms with E-state index in [-0.39, 0.29) is 30.8 Å². The smallest absolute Gasteiger partial charge is 0.793 e. The van der Waals surface area contributed by atoms with E-state index in [4.69, 9.17) is 25.3 Å². The van der Waals surface area contributed by atoms with Gasteiger partial charge in [-0.25, -0.2) is 0 Å². The Bertz CT molecular complexity index is 465. The predicted molar refractivity (Wildman–Crippen MR) is 218 cm³/mol. The average molecular weight is 808 g/mol. The summed E-state index contributed by atoms with van der Waals surface area (Å²) in [5, 5.41) is 10.2. The molecule has 47 heavy (non-hydrogen) atoms. The summed E-state index contributed by atoms with van der Waals surface area (Å²) in [6.45, 7) is 6.81. The van der Waals surface area contributed by atoms with Gasteiger partial charge < -0.3 is 35.2 Å². The molecule has 0 aromatic rings. The standard InChI is InChI=1S/C18H36O2.2C12H26S.Sb/c1-2-3-4-5-6-7-8-9-10-11-12-13-14-15-16-17-18(19)20;2*1-2-3-4-5-6-7-8-9-10-11-12-13;/h2-17H2,1H3,(H,19,20);2*13H,2-12H2,1H3;/q;;;+3/p-3. The van der Waals surface area contributed by atoms with Crippen LogP contribution in [0.1, 0.15) is 252 Å². The van der Waals surface area contributed by atoms with Crippen molar-refractivity contribution < 1.29 is 9.90 Å². The topological polar surface area (TPSA) is 40.1 Å². The van der Waals surface area contributed by atoms with Crippen LogP contribution in [0.15, 0.2) is 0 Å². The Morgan fingerprint density at radius 2 is 0.511 bits per heavy atom. The summed E-state index contributed by atoms with van der Waals surface area (Å²) in [6, 6.07) is 0. The van der Waals surface area contributed by atoms with E-state index in [2.05, 4.69) is 20.8 Å². The van der Waals surface area contributed by atoms with Gasteiger partial charge in [0.15, 0.2) is 0 Å². The fourth-order valence-electron chi connectivity index (χ4n) is 5.82. The van der Waals surface area contributed by atoms with Crippen molar-refractivity contribution in [2.24, 2.45) is 0 Å². The second-order valence-corrected chi connectivity index (χ2v) is 14.7. The third-order valence-corrected chi connectivity index (χ3v) is 9.56. The van der Waals surface area contributed by atoms with E-state index in [1.807, 2.05) is 0 Å². The number of rotatable bonds is 36. The minimum Gasteiger partial charge on any atom is -0.793 e. The Kier molecular flexibility index (Phi) is 65.7. The zero-order chi connectivity index (χ0) is 34.4. The molecule has 0 atom stereocenters. The van der Waals surface area contributed by atoms with Gasteiger partial charge in [0, 0.05) is 5.97 Å². The van der Waals surface area contributed by atoms with Crippen LogP contribution in [-0.2, 0) is 30.1 Å². The molecule has 0 N–H and O–H groups in total. The first-order valence-electron chi connectivity index (χ1n) is 21.0. The molecule has 0 saturated carbocycles. The summed E-state index contributed by atoms with van der Waals surface area (Å²) in [7, 11) is 0. The molecule has 0 aromatic carbocycles. The van der Waals surface area contributed by atoms with Gasteiger partial charge in [-0.2, -0.15) is 11.5 Å². The van der Waals surface area contributed by atoms with E-state index in [1.165, 1.54) is 212 Å². The maximum Gasteiger partial charge on any atom is 3.00 e. The maximum absolute atomic E-state index is 10.2. The van der Waals surface area contributed by atoms with Crippen LogP contribution in [0.3, 0.4) is 0 Å². The van der Waals surface area contributed by atoms with Crippen LogP contribution in [-0.4, -0.2) is 41.9 Å². The number of carbonyl (C=O) groups is 1. The van der Waals surface area contributed by atoms with Crippen molar-refractivity contribution in [2.45, 2.75) is 252 Å². The molecule has 0 heterocycles. The van der Waals surface area contributed by atoms with Crippen LogP contribution >= 0.6 is 0 Å². The van der Waals surface area contributed by atoms with Gasteiger partial charge in [0.25, 0.3) is 0 Å². The van der Waals surface area contributed by atoms with E-state index in [0.717, 1.165) is 24.3 Å². The molecule has 0 aliphatic carbocycles. The number of carboxylic acid groups (broad SMARTS) is 1. The molecular weight excluding hydrogens is 722 g/mol. The minimum atomic E-state index is -0.903. The number of aliphatic carboxylic acids is 1. The fourth-order valence-corrected chi connectivity index (χ4v) is 6.23. The number of carbonyl (C=O) groups excluding carboxylic acids is 1. The first kappa shape index (κ1) is 54.8. The van der Waals surface area contributed by atoms with E-state index in [9.17, 15) is 9.90 Å². The monoisotopic (exact) mass is 807 g/mol. The number of carboxylic acids is 1. The second-order valence-electron chi connectivity index (χ2n) is 13.8. The number of hydrogen-bond donors (Lipinski definition) is 0. The van der Waals surface area contributed by atoms with E-state index >= 15 is 0 Å². The molecule has 2 radical (unpaired) electrons. The molecule has 0 spiro atoms. The summed E-state index contributed by atoms with van der Waals surface area (Å²) >= 11 is 9.80. The van der Waals surface area contributed by atoms with Gasteiger partial charge in [0.1, 0.15) is 0 Å². The first-order valence-corrected chi connectivity index (χ1v) is 22.1.